The molecule has 0 bridgehead atoms. The first-order valence-electron chi connectivity index (χ1n) is 11.7. The highest BCUT2D eigenvalue weighted by molar-refractivity contribution is 7.98. The molecule has 4 rings (SSSR count). The van der Waals surface area contributed by atoms with Gasteiger partial charge in [0, 0.05) is 23.3 Å². The summed E-state index contributed by atoms with van der Waals surface area (Å²) in [4.78, 5) is 11.7. The minimum absolute atomic E-state index is 0.216. The Morgan fingerprint density at radius 3 is 2.23 bits per heavy atom. The van der Waals surface area contributed by atoms with E-state index < -0.39 is 5.44 Å². The maximum absolute atomic E-state index is 11.7. The Hall–Kier alpha value is -3.35. The van der Waals surface area contributed by atoms with Crippen LogP contribution in [0.4, 0.5) is 0 Å². The summed E-state index contributed by atoms with van der Waals surface area (Å²) in [5.41, 5.74) is 6.31. The van der Waals surface area contributed by atoms with Crippen molar-refractivity contribution in [2.75, 3.05) is 6.61 Å². The highest BCUT2D eigenvalue weighted by Crippen LogP contribution is 2.31. The second-order valence-electron chi connectivity index (χ2n) is 8.29. The second-order valence-corrected chi connectivity index (χ2v) is 9.45. The number of thioether (sulfide) groups is 1. The maximum Gasteiger partial charge on any atom is 0.310 e. The molecule has 1 atom stereocenters. The van der Waals surface area contributed by atoms with Gasteiger partial charge in [0.1, 0.15) is 5.44 Å². The number of benzene rings is 3. The van der Waals surface area contributed by atoms with Crippen molar-refractivity contribution in [1.29, 1.82) is 0 Å². The molecule has 0 spiro atoms. The summed E-state index contributed by atoms with van der Waals surface area (Å²) < 4.78 is 10.7. The van der Waals surface area contributed by atoms with Crippen LogP contribution >= 0.6 is 11.8 Å². The summed E-state index contributed by atoms with van der Waals surface area (Å²) in [6, 6.07) is 26.1. The van der Waals surface area contributed by atoms with Crippen LogP contribution in [0.25, 0.3) is 22.5 Å². The normalized spacial score (nSPS) is 11.9. The van der Waals surface area contributed by atoms with Crippen LogP contribution in [-0.4, -0.2) is 28.3 Å². The van der Waals surface area contributed by atoms with E-state index in [1.165, 1.54) is 17.3 Å². The fourth-order valence-corrected chi connectivity index (χ4v) is 4.73. The molecule has 3 aromatic carbocycles. The van der Waals surface area contributed by atoms with E-state index in [9.17, 15) is 9.90 Å². The highest BCUT2D eigenvalue weighted by atomic mass is 32.2. The molecular formula is C29H29NO4S. The van der Waals surface area contributed by atoms with Crippen molar-refractivity contribution < 1.29 is 19.2 Å². The molecule has 6 heteroatoms. The van der Waals surface area contributed by atoms with Crippen molar-refractivity contribution in [2.24, 2.45) is 0 Å². The van der Waals surface area contributed by atoms with Crippen molar-refractivity contribution in [1.82, 2.24) is 5.16 Å². The minimum Gasteiger partial charge on any atom is -0.466 e. The van der Waals surface area contributed by atoms with Gasteiger partial charge in [0.15, 0.2) is 5.76 Å². The molecule has 0 saturated heterocycles. The Balaban J connectivity index is 1.42. The standard InChI is InChI=1S/C29H29NO4S/c1-3-33-27(31)17-21-9-11-23(12-10-21)24-13-15-25(16-14-24)29-26(20(2)30-34-29)18-28(32)35-19-22-7-5-4-6-8-22/h4-16,28,32H,3,17-19H2,1-2H3. The number of rotatable bonds is 10. The molecule has 35 heavy (non-hydrogen) atoms. The van der Waals surface area contributed by atoms with Crippen molar-refractivity contribution in [2.45, 2.75) is 37.9 Å². The predicted molar refractivity (Wildman–Crippen MR) is 140 cm³/mol. The third-order valence-corrected chi connectivity index (χ3v) is 6.79. The number of esters is 1. The van der Waals surface area contributed by atoms with Gasteiger partial charge in [-0.1, -0.05) is 84.0 Å². The molecule has 0 saturated carbocycles. The van der Waals surface area contributed by atoms with Gasteiger partial charge in [-0.2, -0.15) is 0 Å². The van der Waals surface area contributed by atoms with E-state index in [0.717, 1.165) is 39.3 Å². The van der Waals surface area contributed by atoms with Gasteiger partial charge in [0.2, 0.25) is 0 Å². The smallest absolute Gasteiger partial charge is 0.310 e. The van der Waals surface area contributed by atoms with Crippen molar-refractivity contribution >= 4 is 17.7 Å². The average Bonchev–Trinajstić information content (AvgIpc) is 3.24. The van der Waals surface area contributed by atoms with Crippen LogP contribution in [0.2, 0.25) is 0 Å². The Morgan fingerprint density at radius 1 is 0.943 bits per heavy atom. The second kappa shape index (κ2) is 11.9. The fourth-order valence-electron chi connectivity index (χ4n) is 3.86. The fraction of sp³-hybridized carbons (Fsp3) is 0.241. The van der Waals surface area contributed by atoms with E-state index in [2.05, 4.69) is 17.3 Å². The molecule has 0 aliphatic carbocycles. The van der Waals surface area contributed by atoms with Crippen LogP contribution in [0.5, 0.6) is 0 Å². The molecule has 180 valence electrons. The number of hydrogen-bond donors (Lipinski definition) is 1. The number of aryl methyl sites for hydroxylation is 1. The number of hydrogen-bond acceptors (Lipinski definition) is 6. The predicted octanol–water partition coefficient (Wildman–Crippen LogP) is 6.22. The lowest BCUT2D eigenvalue weighted by Gasteiger charge is -2.11. The molecule has 0 aliphatic heterocycles. The van der Waals surface area contributed by atoms with E-state index in [1.54, 1.807) is 6.92 Å². The van der Waals surface area contributed by atoms with Crippen LogP contribution in [0.3, 0.4) is 0 Å². The summed E-state index contributed by atoms with van der Waals surface area (Å²) in [5.74, 6) is 1.22. The van der Waals surface area contributed by atoms with Gasteiger partial charge in [-0.3, -0.25) is 4.79 Å². The van der Waals surface area contributed by atoms with Crippen LogP contribution < -0.4 is 0 Å². The zero-order valence-corrected chi connectivity index (χ0v) is 20.8. The number of ether oxygens (including phenoxy) is 1. The van der Waals surface area contributed by atoms with E-state index in [0.29, 0.717) is 18.8 Å². The Labute approximate surface area is 210 Å². The van der Waals surface area contributed by atoms with Gasteiger partial charge in [0.25, 0.3) is 0 Å². The van der Waals surface area contributed by atoms with Gasteiger partial charge < -0.3 is 14.4 Å². The molecule has 1 aromatic heterocycles. The SMILES string of the molecule is CCOC(=O)Cc1ccc(-c2ccc(-c3onc(C)c3CC(O)SCc3ccccc3)cc2)cc1. The molecule has 5 nitrogen and oxygen atoms in total. The summed E-state index contributed by atoms with van der Waals surface area (Å²) in [6.07, 6.45) is 0.738. The largest absolute Gasteiger partial charge is 0.466 e. The van der Waals surface area contributed by atoms with Gasteiger partial charge in [0.05, 0.1) is 18.7 Å². The summed E-state index contributed by atoms with van der Waals surface area (Å²) >= 11 is 1.50. The molecular weight excluding hydrogens is 458 g/mol. The first kappa shape index (κ1) is 24.8. The van der Waals surface area contributed by atoms with Crippen LogP contribution in [0, 0.1) is 6.92 Å². The monoisotopic (exact) mass is 487 g/mol. The number of aromatic nitrogens is 1. The van der Waals surface area contributed by atoms with Gasteiger partial charge >= 0.3 is 5.97 Å². The van der Waals surface area contributed by atoms with Gasteiger partial charge in [-0.05, 0) is 36.1 Å². The highest BCUT2D eigenvalue weighted by Gasteiger charge is 2.19. The number of carbonyl (C=O) groups excluding carboxylic acids is 1. The minimum atomic E-state index is -0.556. The number of aliphatic hydroxyl groups is 1. The first-order valence-corrected chi connectivity index (χ1v) is 12.7. The van der Waals surface area contributed by atoms with Crippen LogP contribution in [0.15, 0.2) is 83.4 Å². The van der Waals surface area contributed by atoms with E-state index >= 15 is 0 Å². The van der Waals surface area contributed by atoms with Crippen molar-refractivity contribution in [3.8, 4) is 22.5 Å². The zero-order chi connectivity index (χ0) is 24.6. The zero-order valence-electron chi connectivity index (χ0n) is 19.9. The molecule has 4 aromatic rings. The molecule has 1 N–H and O–H groups in total. The summed E-state index contributed by atoms with van der Waals surface area (Å²) in [5, 5.41) is 14.8. The van der Waals surface area contributed by atoms with Crippen LogP contribution in [0.1, 0.15) is 29.3 Å². The Bertz CT molecular complexity index is 1230. The molecule has 1 unspecified atom stereocenters. The van der Waals surface area contributed by atoms with Crippen molar-refractivity contribution in [3.63, 3.8) is 0 Å². The van der Waals surface area contributed by atoms with E-state index in [1.807, 2.05) is 73.7 Å². The Kier molecular flexibility index (Phi) is 8.40. The Morgan fingerprint density at radius 2 is 1.57 bits per heavy atom. The maximum atomic E-state index is 11.7. The topological polar surface area (TPSA) is 72.6 Å². The average molecular weight is 488 g/mol. The van der Waals surface area contributed by atoms with E-state index in [4.69, 9.17) is 9.26 Å². The van der Waals surface area contributed by atoms with Gasteiger partial charge in [-0.15, -0.1) is 11.8 Å². The summed E-state index contributed by atoms with van der Waals surface area (Å²) in [7, 11) is 0. The number of carbonyl (C=O) groups is 1. The van der Waals surface area contributed by atoms with E-state index in [-0.39, 0.29) is 12.4 Å². The number of nitrogens with zero attached hydrogens (tertiary/aromatic N) is 1. The lowest BCUT2D eigenvalue weighted by atomic mass is 9.99. The quantitative estimate of drug-likeness (QED) is 0.212. The van der Waals surface area contributed by atoms with Crippen LogP contribution in [-0.2, 0) is 28.1 Å². The van der Waals surface area contributed by atoms with Gasteiger partial charge in [-0.25, -0.2) is 0 Å². The molecule has 0 fully saturated rings. The molecule has 0 amide bonds. The molecule has 0 radical (unpaired) electrons. The molecule has 0 aliphatic rings. The van der Waals surface area contributed by atoms with Crippen molar-refractivity contribution in [3.05, 3.63) is 101 Å². The molecule has 1 heterocycles. The third-order valence-electron chi connectivity index (χ3n) is 5.74. The lowest BCUT2D eigenvalue weighted by molar-refractivity contribution is -0.142. The summed E-state index contributed by atoms with van der Waals surface area (Å²) in [6.45, 7) is 4.10. The third kappa shape index (κ3) is 6.62. The number of aliphatic hydroxyl groups excluding tert-OH is 1. The lowest BCUT2D eigenvalue weighted by Crippen LogP contribution is -2.07. The first-order chi connectivity index (χ1) is 17.0.